The zero-order valence-corrected chi connectivity index (χ0v) is 19.2. The van der Waals surface area contributed by atoms with Gasteiger partial charge >= 0.3 is 0 Å². The zero-order valence-electron chi connectivity index (χ0n) is 17.6. The number of hydrogen-bond acceptors (Lipinski definition) is 5. The van der Waals surface area contributed by atoms with Crippen LogP contribution in [0.1, 0.15) is 41.4 Å². The number of carbonyl (C=O) groups is 1. The van der Waals surface area contributed by atoms with E-state index in [-0.39, 0.29) is 11.9 Å². The summed E-state index contributed by atoms with van der Waals surface area (Å²) in [6, 6.07) is 17.0. The van der Waals surface area contributed by atoms with E-state index in [4.69, 9.17) is 26.1 Å². The highest BCUT2D eigenvalue weighted by Gasteiger charge is 2.19. The Morgan fingerprint density at radius 2 is 1.81 bits per heavy atom. The molecule has 0 aliphatic carbocycles. The van der Waals surface area contributed by atoms with Crippen LogP contribution in [0.25, 0.3) is 0 Å². The van der Waals surface area contributed by atoms with E-state index in [1.165, 1.54) is 0 Å². The molecule has 0 radical (unpaired) electrons. The monoisotopic (exact) mass is 464 g/mol. The Morgan fingerprint density at radius 1 is 1.03 bits per heavy atom. The lowest BCUT2D eigenvalue weighted by Crippen LogP contribution is -2.26. The Balaban J connectivity index is 1.38. The summed E-state index contributed by atoms with van der Waals surface area (Å²) in [5.74, 6) is 1.29. The van der Waals surface area contributed by atoms with Gasteiger partial charge in [-0.3, -0.25) is 9.79 Å². The molecule has 2 aliphatic heterocycles. The van der Waals surface area contributed by atoms with Crippen LogP contribution in [0.3, 0.4) is 0 Å². The molecular formula is C25H21ClN2O3S. The van der Waals surface area contributed by atoms with Crippen LogP contribution in [0.2, 0.25) is 5.02 Å². The molecule has 0 saturated heterocycles. The van der Waals surface area contributed by atoms with Crippen molar-refractivity contribution in [3.63, 3.8) is 0 Å². The van der Waals surface area contributed by atoms with Gasteiger partial charge in [0, 0.05) is 31.7 Å². The number of amides is 1. The molecule has 0 bridgehead atoms. The first-order valence-corrected chi connectivity index (χ1v) is 11.5. The van der Waals surface area contributed by atoms with Crippen LogP contribution in [0.4, 0.5) is 5.69 Å². The van der Waals surface area contributed by atoms with Crippen molar-refractivity contribution in [3.05, 3.63) is 76.3 Å². The number of rotatable bonds is 3. The molecule has 3 aromatic rings. The predicted octanol–water partition coefficient (Wildman–Crippen LogP) is 6.21. The first kappa shape index (κ1) is 20.9. The van der Waals surface area contributed by atoms with Crippen molar-refractivity contribution in [1.82, 2.24) is 5.32 Å². The molecule has 0 aromatic heterocycles. The minimum absolute atomic E-state index is 0.155. The number of carbonyl (C=O) groups excluding carboxylic acids is 1. The Hall–Kier alpha value is -2.96. The van der Waals surface area contributed by atoms with E-state index in [9.17, 15) is 4.79 Å². The van der Waals surface area contributed by atoms with Gasteiger partial charge in [-0.05, 0) is 67.9 Å². The molecule has 0 fully saturated rings. The maximum absolute atomic E-state index is 13.0. The lowest BCUT2D eigenvalue weighted by Gasteiger charge is -2.21. The van der Waals surface area contributed by atoms with Crippen molar-refractivity contribution in [1.29, 1.82) is 0 Å². The van der Waals surface area contributed by atoms with Crippen LogP contribution >= 0.6 is 23.4 Å². The van der Waals surface area contributed by atoms with Gasteiger partial charge in [-0.2, -0.15) is 0 Å². The highest BCUT2D eigenvalue weighted by atomic mass is 35.5. The van der Waals surface area contributed by atoms with Crippen molar-refractivity contribution >= 4 is 40.7 Å². The SMILES string of the molecule is CC1=Nc2cc(C(=O)N[C@@H](C)c3ccc4c(c3)OCCO4)ccc2Sc2ccc(Cl)cc21. The second kappa shape index (κ2) is 8.52. The smallest absolute Gasteiger partial charge is 0.251 e. The number of nitrogens with one attached hydrogen (secondary N) is 1. The van der Waals surface area contributed by atoms with E-state index >= 15 is 0 Å². The fourth-order valence-corrected chi connectivity index (χ4v) is 4.97. The van der Waals surface area contributed by atoms with E-state index < -0.39 is 0 Å². The van der Waals surface area contributed by atoms with Gasteiger partial charge in [-0.1, -0.05) is 29.4 Å². The number of aliphatic imine (C=N–C) groups is 1. The Morgan fingerprint density at radius 3 is 2.66 bits per heavy atom. The highest BCUT2D eigenvalue weighted by molar-refractivity contribution is 7.99. The number of benzene rings is 3. The third-order valence-corrected chi connectivity index (χ3v) is 6.85. The van der Waals surface area contributed by atoms with Gasteiger partial charge in [-0.25, -0.2) is 0 Å². The van der Waals surface area contributed by atoms with Crippen LogP contribution in [-0.2, 0) is 0 Å². The van der Waals surface area contributed by atoms with Gasteiger partial charge in [0.15, 0.2) is 11.5 Å². The van der Waals surface area contributed by atoms with E-state index in [2.05, 4.69) is 5.32 Å². The molecule has 7 heteroatoms. The second-order valence-electron chi connectivity index (χ2n) is 7.72. The molecule has 2 aliphatic rings. The standard InChI is InChI=1S/C25H21ClN2O3S/c1-14(16-3-6-21-22(12-16)31-10-9-30-21)28-25(29)17-4-7-24-20(11-17)27-15(2)19-13-18(26)5-8-23(19)32-24/h3-8,11-14H,9-10H2,1-2H3,(H,28,29)/t14-/m0/s1. The van der Waals surface area contributed by atoms with E-state index in [0.717, 1.165) is 38.1 Å². The second-order valence-corrected chi connectivity index (χ2v) is 9.24. The summed E-state index contributed by atoms with van der Waals surface area (Å²) in [5, 5.41) is 3.75. The molecule has 32 heavy (non-hydrogen) atoms. The molecule has 1 N–H and O–H groups in total. The van der Waals surface area contributed by atoms with Gasteiger partial charge < -0.3 is 14.8 Å². The normalized spacial score (nSPS) is 15.0. The summed E-state index contributed by atoms with van der Waals surface area (Å²) >= 11 is 7.81. The minimum atomic E-state index is -0.192. The zero-order chi connectivity index (χ0) is 22.2. The third kappa shape index (κ3) is 4.08. The van der Waals surface area contributed by atoms with Crippen LogP contribution in [0.15, 0.2) is 69.4 Å². The molecule has 5 rings (SSSR count). The Labute approximate surface area is 195 Å². The van der Waals surface area contributed by atoms with Crippen molar-refractivity contribution in [2.75, 3.05) is 13.2 Å². The van der Waals surface area contributed by atoms with Gasteiger partial charge in [-0.15, -0.1) is 0 Å². The van der Waals surface area contributed by atoms with E-state index in [1.54, 1.807) is 11.8 Å². The minimum Gasteiger partial charge on any atom is -0.486 e. The number of nitrogens with zero attached hydrogens (tertiary/aromatic N) is 1. The topological polar surface area (TPSA) is 59.9 Å². The van der Waals surface area contributed by atoms with E-state index in [0.29, 0.717) is 29.5 Å². The Kier molecular flexibility index (Phi) is 5.57. The molecule has 0 spiro atoms. The molecule has 0 unspecified atom stereocenters. The van der Waals surface area contributed by atoms with Gasteiger partial charge in [0.25, 0.3) is 5.91 Å². The quantitative estimate of drug-likeness (QED) is 0.500. The first-order valence-electron chi connectivity index (χ1n) is 10.4. The molecule has 5 nitrogen and oxygen atoms in total. The maximum atomic E-state index is 13.0. The molecule has 162 valence electrons. The summed E-state index contributed by atoms with van der Waals surface area (Å²) in [4.78, 5) is 19.9. The van der Waals surface area contributed by atoms with Crippen LogP contribution < -0.4 is 14.8 Å². The molecular weight excluding hydrogens is 444 g/mol. The summed E-state index contributed by atoms with van der Waals surface area (Å²) in [7, 11) is 0. The Bertz CT molecular complexity index is 1260. The molecule has 0 saturated carbocycles. The lowest BCUT2D eigenvalue weighted by atomic mass is 10.1. The van der Waals surface area contributed by atoms with Crippen molar-refractivity contribution in [2.45, 2.75) is 29.7 Å². The summed E-state index contributed by atoms with van der Waals surface area (Å²) in [6.07, 6.45) is 0. The van der Waals surface area contributed by atoms with Crippen LogP contribution in [0.5, 0.6) is 11.5 Å². The molecule has 1 amide bonds. The molecule has 2 heterocycles. The maximum Gasteiger partial charge on any atom is 0.251 e. The van der Waals surface area contributed by atoms with Gasteiger partial charge in [0.05, 0.1) is 11.7 Å². The van der Waals surface area contributed by atoms with Crippen molar-refractivity contribution < 1.29 is 14.3 Å². The summed E-state index contributed by atoms with van der Waals surface area (Å²) in [6.45, 7) is 4.99. The fraction of sp³-hybridized carbons (Fsp3) is 0.200. The van der Waals surface area contributed by atoms with E-state index in [1.807, 2.05) is 68.4 Å². The van der Waals surface area contributed by atoms with Crippen molar-refractivity contribution in [3.8, 4) is 11.5 Å². The number of halogens is 1. The van der Waals surface area contributed by atoms with Crippen molar-refractivity contribution in [2.24, 2.45) is 4.99 Å². The molecule has 3 aromatic carbocycles. The van der Waals surface area contributed by atoms with Gasteiger partial charge in [0.1, 0.15) is 13.2 Å². The summed E-state index contributed by atoms with van der Waals surface area (Å²) in [5.41, 5.74) is 4.18. The lowest BCUT2D eigenvalue weighted by molar-refractivity contribution is 0.0939. The van der Waals surface area contributed by atoms with Crippen LogP contribution in [-0.4, -0.2) is 24.8 Å². The van der Waals surface area contributed by atoms with Crippen LogP contribution in [0, 0.1) is 0 Å². The number of ether oxygens (including phenoxy) is 2. The largest absolute Gasteiger partial charge is 0.486 e. The van der Waals surface area contributed by atoms with Gasteiger partial charge in [0.2, 0.25) is 0 Å². The number of hydrogen-bond donors (Lipinski definition) is 1. The molecule has 1 atom stereocenters. The average Bonchev–Trinajstić information content (AvgIpc) is 2.93. The fourth-order valence-electron chi connectivity index (χ4n) is 3.76. The third-order valence-electron chi connectivity index (χ3n) is 5.47. The first-order chi connectivity index (χ1) is 15.5. The predicted molar refractivity (Wildman–Crippen MR) is 127 cm³/mol. The highest BCUT2D eigenvalue weighted by Crippen LogP contribution is 2.41. The summed E-state index contributed by atoms with van der Waals surface area (Å²) < 4.78 is 11.2. The average molecular weight is 465 g/mol. The number of fused-ring (bicyclic) bond motifs is 3.